The molecule has 2 N–H and O–H groups in total. The number of rotatable bonds is 7. The maximum Gasteiger partial charge on any atom is 0.228 e. The molecule has 7 heteroatoms. The van der Waals surface area contributed by atoms with E-state index in [0.717, 1.165) is 49.6 Å². The summed E-state index contributed by atoms with van der Waals surface area (Å²) in [6, 6.07) is 7.92. The van der Waals surface area contributed by atoms with Crippen LogP contribution in [0.15, 0.2) is 24.3 Å². The maximum absolute atomic E-state index is 13.1. The first kappa shape index (κ1) is 20.6. The lowest BCUT2D eigenvalue weighted by Gasteiger charge is -2.38. The van der Waals surface area contributed by atoms with Crippen LogP contribution in [0.4, 0.5) is 0 Å². The molecular weight excluding hydrogens is 366 g/mol. The highest BCUT2D eigenvalue weighted by atomic mass is 35.5. The van der Waals surface area contributed by atoms with Crippen LogP contribution < -0.4 is 10.6 Å². The Hall–Kier alpha value is -1.18. The van der Waals surface area contributed by atoms with E-state index in [1.54, 1.807) is 7.11 Å². The molecule has 27 heavy (non-hydrogen) atoms. The number of carbonyl (C=O) groups excluding carboxylic acids is 1. The van der Waals surface area contributed by atoms with Gasteiger partial charge in [0.25, 0.3) is 0 Å². The summed E-state index contributed by atoms with van der Waals surface area (Å²) in [7, 11) is 1.66. The van der Waals surface area contributed by atoms with Crippen molar-refractivity contribution in [2.75, 3.05) is 59.7 Å². The van der Waals surface area contributed by atoms with Crippen molar-refractivity contribution in [3.05, 3.63) is 34.9 Å². The number of ether oxygens (including phenoxy) is 2. The van der Waals surface area contributed by atoms with E-state index < -0.39 is 5.41 Å². The van der Waals surface area contributed by atoms with Gasteiger partial charge in [-0.2, -0.15) is 0 Å². The van der Waals surface area contributed by atoms with Gasteiger partial charge in [-0.25, -0.2) is 0 Å². The Morgan fingerprint density at radius 2 is 2.04 bits per heavy atom. The molecule has 2 fully saturated rings. The van der Waals surface area contributed by atoms with Gasteiger partial charge < -0.3 is 20.1 Å². The molecule has 2 heterocycles. The number of nitrogens with zero attached hydrogens (tertiary/aromatic N) is 1. The van der Waals surface area contributed by atoms with Crippen LogP contribution in [-0.4, -0.2) is 70.5 Å². The molecule has 0 aromatic heterocycles. The lowest BCUT2D eigenvalue weighted by atomic mass is 9.78. The molecule has 0 bridgehead atoms. The molecule has 1 unspecified atom stereocenters. The molecule has 1 aromatic rings. The molecule has 0 spiro atoms. The number of benzene rings is 1. The Balaban J connectivity index is 1.73. The fraction of sp³-hybridized carbons (Fsp3) is 0.650. The Labute approximate surface area is 166 Å². The molecule has 2 aliphatic heterocycles. The number of carbonyl (C=O) groups is 1. The average molecular weight is 396 g/mol. The van der Waals surface area contributed by atoms with E-state index >= 15 is 0 Å². The van der Waals surface area contributed by atoms with Crippen LogP contribution in [0.25, 0.3) is 0 Å². The summed E-state index contributed by atoms with van der Waals surface area (Å²) >= 11 is 6.48. The van der Waals surface area contributed by atoms with Gasteiger partial charge in [-0.3, -0.25) is 9.69 Å². The van der Waals surface area contributed by atoms with Crippen LogP contribution in [0.1, 0.15) is 24.4 Å². The first-order valence-electron chi connectivity index (χ1n) is 9.70. The van der Waals surface area contributed by atoms with Gasteiger partial charge in [0.05, 0.1) is 31.3 Å². The van der Waals surface area contributed by atoms with Crippen molar-refractivity contribution in [3.63, 3.8) is 0 Å². The van der Waals surface area contributed by atoms with Crippen molar-refractivity contribution in [1.29, 1.82) is 0 Å². The number of nitrogens with one attached hydrogen (secondary N) is 2. The molecule has 1 aromatic carbocycles. The lowest BCUT2D eigenvalue weighted by Crippen LogP contribution is -2.52. The van der Waals surface area contributed by atoms with Crippen LogP contribution >= 0.6 is 11.6 Å². The summed E-state index contributed by atoms with van der Waals surface area (Å²) in [5.74, 6) is 0.0798. The molecule has 150 valence electrons. The van der Waals surface area contributed by atoms with Crippen LogP contribution in [0, 0.1) is 5.41 Å². The van der Waals surface area contributed by atoms with E-state index in [1.165, 1.54) is 0 Å². The molecule has 0 aliphatic carbocycles. The molecule has 2 saturated heterocycles. The number of amides is 1. The van der Waals surface area contributed by atoms with Gasteiger partial charge in [-0.15, -0.1) is 0 Å². The van der Waals surface area contributed by atoms with Crippen molar-refractivity contribution in [2.24, 2.45) is 5.41 Å². The predicted octanol–water partition coefficient (Wildman–Crippen LogP) is 1.85. The van der Waals surface area contributed by atoms with Gasteiger partial charge in [0, 0.05) is 31.8 Å². The summed E-state index contributed by atoms with van der Waals surface area (Å²) in [6.45, 7) is 5.73. The highest BCUT2D eigenvalue weighted by Crippen LogP contribution is 2.31. The quantitative estimate of drug-likeness (QED) is 0.737. The SMILES string of the molecule is COCC1(C(=O)NCC(c2ccccc2Cl)N2CCOCC2)CCNCC1. The zero-order valence-electron chi connectivity index (χ0n) is 16.0. The average Bonchev–Trinajstić information content (AvgIpc) is 2.71. The van der Waals surface area contributed by atoms with E-state index in [1.807, 2.05) is 24.3 Å². The normalized spacial score (nSPS) is 21.6. The topological polar surface area (TPSA) is 62.8 Å². The van der Waals surface area contributed by atoms with Crippen molar-refractivity contribution in [1.82, 2.24) is 15.5 Å². The van der Waals surface area contributed by atoms with E-state index in [2.05, 4.69) is 15.5 Å². The summed E-state index contributed by atoms with van der Waals surface area (Å²) in [5.41, 5.74) is 0.600. The van der Waals surface area contributed by atoms with Gasteiger partial charge in [0.1, 0.15) is 0 Å². The molecule has 0 radical (unpaired) electrons. The van der Waals surface area contributed by atoms with E-state index in [-0.39, 0.29) is 11.9 Å². The third-order valence-corrected chi connectivity index (χ3v) is 6.01. The number of hydrogen-bond donors (Lipinski definition) is 2. The molecule has 2 aliphatic rings. The Morgan fingerprint density at radius 3 is 2.70 bits per heavy atom. The highest BCUT2D eigenvalue weighted by molar-refractivity contribution is 6.31. The standard InChI is InChI=1S/C20H30ClN3O3/c1-26-15-20(6-8-22-9-7-20)19(25)23-14-18(24-10-12-27-13-11-24)16-4-2-3-5-17(16)21/h2-5,18,22H,6-15H2,1H3,(H,23,25). The third kappa shape index (κ3) is 5.00. The molecule has 1 amide bonds. The van der Waals surface area contributed by atoms with Gasteiger partial charge >= 0.3 is 0 Å². The zero-order valence-corrected chi connectivity index (χ0v) is 16.8. The maximum atomic E-state index is 13.1. The highest BCUT2D eigenvalue weighted by Gasteiger charge is 2.40. The number of hydrogen-bond acceptors (Lipinski definition) is 5. The second-order valence-corrected chi connectivity index (χ2v) is 7.77. The molecule has 1 atom stereocenters. The minimum absolute atomic E-state index is 0.0351. The minimum atomic E-state index is -0.448. The van der Waals surface area contributed by atoms with Crippen molar-refractivity contribution in [2.45, 2.75) is 18.9 Å². The molecule has 0 saturated carbocycles. The van der Waals surface area contributed by atoms with Crippen LogP contribution in [0.3, 0.4) is 0 Å². The summed E-state index contributed by atoms with van der Waals surface area (Å²) < 4.78 is 10.9. The van der Waals surface area contributed by atoms with Crippen LogP contribution in [0.5, 0.6) is 0 Å². The van der Waals surface area contributed by atoms with E-state index in [9.17, 15) is 4.79 Å². The van der Waals surface area contributed by atoms with Crippen LogP contribution in [0.2, 0.25) is 5.02 Å². The Kier molecular flexibility index (Phi) is 7.49. The second-order valence-electron chi connectivity index (χ2n) is 7.36. The zero-order chi connectivity index (χ0) is 19.1. The smallest absolute Gasteiger partial charge is 0.228 e. The fourth-order valence-electron chi connectivity index (χ4n) is 4.07. The Morgan fingerprint density at radius 1 is 1.33 bits per heavy atom. The number of piperidine rings is 1. The molecule has 6 nitrogen and oxygen atoms in total. The van der Waals surface area contributed by atoms with Gasteiger partial charge in [0.15, 0.2) is 0 Å². The van der Waals surface area contributed by atoms with E-state index in [4.69, 9.17) is 21.1 Å². The van der Waals surface area contributed by atoms with Crippen molar-refractivity contribution >= 4 is 17.5 Å². The largest absolute Gasteiger partial charge is 0.384 e. The number of methoxy groups -OCH3 is 1. The minimum Gasteiger partial charge on any atom is -0.384 e. The Bertz CT molecular complexity index is 611. The summed E-state index contributed by atoms with van der Waals surface area (Å²) in [5, 5.41) is 7.27. The molecule has 3 rings (SSSR count). The number of halogens is 1. The fourth-order valence-corrected chi connectivity index (χ4v) is 4.33. The van der Waals surface area contributed by atoms with E-state index in [0.29, 0.717) is 26.4 Å². The summed E-state index contributed by atoms with van der Waals surface area (Å²) in [6.07, 6.45) is 1.59. The van der Waals surface area contributed by atoms with Gasteiger partial charge in [-0.05, 0) is 37.6 Å². The summed E-state index contributed by atoms with van der Waals surface area (Å²) in [4.78, 5) is 15.5. The van der Waals surface area contributed by atoms with Crippen LogP contribution in [-0.2, 0) is 14.3 Å². The number of morpholine rings is 1. The molecular formula is C20H30ClN3O3. The second kappa shape index (κ2) is 9.85. The first-order chi connectivity index (χ1) is 13.2. The van der Waals surface area contributed by atoms with Gasteiger partial charge in [0.2, 0.25) is 5.91 Å². The lowest BCUT2D eigenvalue weighted by molar-refractivity contribution is -0.136. The monoisotopic (exact) mass is 395 g/mol. The van der Waals surface area contributed by atoms with Gasteiger partial charge in [-0.1, -0.05) is 29.8 Å². The first-order valence-corrected chi connectivity index (χ1v) is 10.1. The van der Waals surface area contributed by atoms with Crippen molar-refractivity contribution < 1.29 is 14.3 Å². The van der Waals surface area contributed by atoms with Crippen molar-refractivity contribution in [3.8, 4) is 0 Å². The predicted molar refractivity (Wildman–Crippen MR) is 106 cm³/mol. The third-order valence-electron chi connectivity index (χ3n) is 5.67.